The van der Waals surface area contributed by atoms with E-state index in [0.29, 0.717) is 11.1 Å². The molecule has 0 aliphatic carbocycles. The van der Waals surface area contributed by atoms with Crippen LogP contribution in [0.3, 0.4) is 0 Å². The molecule has 0 aliphatic rings. The molecular formula is C11H11BrN2O2. The van der Waals surface area contributed by atoms with Gasteiger partial charge in [0.25, 0.3) is 0 Å². The van der Waals surface area contributed by atoms with E-state index in [1.807, 2.05) is 6.07 Å². The van der Waals surface area contributed by atoms with Crippen molar-refractivity contribution in [1.82, 2.24) is 9.13 Å². The molecule has 5 heteroatoms. The van der Waals surface area contributed by atoms with Crippen molar-refractivity contribution in [2.24, 2.45) is 14.1 Å². The van der Waals surface area contributed by atoms with E-state index in [1.165, 1.54) is 16.1 Å². The van der Waals surface area contributed by atoms with Crippen molar-refractivity contribution in [3.05, 3.63) is 32.7 Å². The van der Waals surface area contributed by atoms with Crippen LogP contribution in [0.1, 0.15) is 17.3 Å². The lowest BCUT2D eigenvalue weighted by Gasteiger charge is -2.02. The van der Waals surface area contributed by atoms with Crippen LogP contribution in [0.25, 0.3) is 11.0 Å². The fraction of sp³-hybridized carbons (Fsp3) is 0.273. The predicted molar refractivity (Wildman–Crippen MR) is 65.9 cm³/mol. The highest BCUT2D eigenvalue weighted by Crippen LogP contribution is 2.23. The normalized spacial score (nSPS) is 11.0. The highest BCUT2D eigenvalue weighted by atomic mass is 79.9. The van der Waals surface area contributed by atoms with Crippen molar-refractivity contribution in [1.29, 1.82) is 0 Å². The third-order valence-corrected chi connectivity index (χ3v) is 3.16. The second-order valence-electron chi connectivity index (χ2n) is 3.78. The van der Waals surface area contributed by atoms with Crippen LogP contribution in [0, 0.1) is 0 Å². The number of nitrogens with zero attached hydrogens (tertiary/aromatic N) is 2. The van der Waals surface area contributed by atoms with E-state index < -0.39 is 0 Å². The van der Waals surface area contributed by atoms with E-state index in [2.05, 4.69) is 15.9 Å². The zero-order valence-corrected chi connectivity index (χ0v) is 10.8. The molecule has 0 atom stereocenters. The SMILES string of the molecule is CC(=O)c1cc(Br)cc2c1n(C)c(=O)n2C. The van der Waals surface area contributed by atoms with Crippen molar-refractivity contribution < 1.29 is 4.79 Å². The third kappa shape index (κ3) is 1.43. The number of halogens is 1. The van der Waals surface area contributed by atoms with Gasteiger partial charge in [0.05, 0.1) is 11.0 Å². The monoisotopic (exact) mass is 282 g/mol. The fourth-order valence-electron chi connectivity index (χ4n) is 1.89. The molecule has 0 fully saturated rings. The summed E-state index contributed by atoms with van der Waals surface area (Å²) >= 11 is 3.34. The zero-order valence-electron chi connectivity index (χ0n) is 9.24. The molecule has 1 aromatic heterocycles. The Bertz CT molecular complexity index is 652. The maximum atomic E-state index is 11.8. The lowest BCUT2D eigenvalue weighted by Crippen LogP contribution is -2.19. The second kappa shape index (κ2) is 3.59. The number of hydrogen-bond acceptors (Lipinski definition) is 2. The fourth-order valence-corrected chi connectivity index (χ4v) is 2.33. The van der Waals surface area contributed by atoms with Crippen molar-refractivity contribution in [3.63, 3.8) is 0 Å². The molecule has 16 heavy (non-hydrogen) atoms. The predicted octanol–water partition coefficient (Wildman–Crippen LogP) is 1.84. The van der Waals surface area contributed by atoms with Gasteiger partial charge in [-0.2, -0.15) is 0 Å². The number of hydrogen-bond donors (Lipinski definition) is 0. The summed E-state index contributed by atoms with van der Waals surface area (Å²) in [5, 5.41) is 0. The standard InChI is InChI=1S/C11H11BrN2O2/c1-6(15)8-4-7(12)5-9-10(8)14(3)11(16)13(9)2/h4-5H,1-3H3. The van der Waals surface area contributed by atoms with E-state index in [9.17, 15) is 9.59 Å². The number of fused-ring (bicyclic) bond motifs is 1. The molecule has 4 nitrogen and oxygen atoms in total. The summed E-state index contributed by atoms with van der Waals surface area (Å²) in [5.74, 6) is -0.0486. The highest BCUT2D eigenvalue weighted by Gasteiger charge is 2.15. The molecule has 0 bridgehead atoms. The highest BCUT2D eigenvalue weighted by molar-refractivity contribution is 9.10. The van der Waals surface area contributed by atoms with Crippen molar-refractivity contribution in [2.45, 2.75) is 6.92 Å². The second-order valence-corrected chi connectivity index (χ2v) is 4.69. The number of Topliss-reactive ketones (excluding diaryl/α,β-unsaturated/α-hetero) is 1. The number of aromatic nitrogens is 2. The molecule has 1 heterocycles. The van der Waals surface area contributed by atoms with E-state index in [4.69, 9.17) is 0 Å². The first-order chi connectivity index (χ1) is 7.43. The molecule has 0 unspecified atom stereocenters. The van der Waals surface area contributed by atoms with Gasteiger partial charge in [-0.05, 0) is 19.1 Å². The van der Waals surface area contributed by atoms with Crippen molar-refractivity contribution in [2.75, 3.05) is 0 Å². The molecule has 2 rings (SSSR count). The number of ketones is 1. The number of carbonyl (C=O) groups is 1. The van der Waals surface area contributed by atoms with Gasteiger partial charge in [0.1, 0.15) is 0 Å². The van der Waals surface area contributed by atoms with Gasteiger partial charge in [0, 0.05) is 24.1 Å². The minimum atomic E-state index is -0.129. The van der Waals surface area contributed by atoms with Crippen LogP contribution >= 0.6 is 15.9 Å². The first kappa shape index (κ1) is 11.1. The van der Waals surface area contributed by atoms with Crippen molar-refractivity contribution >= 4 is 32.7 Å². The Kier molecular flexibility index (Phi) is 2.50. The molecule has 0 amide bonds. The average Bonchev–Trinajstić information content (AvgIpc) is 2.43. The van der Waals surface area contributed by atoms with E-state index >= 15 is 0 Å². The maximum absolute atomic E-state index is 11.8. The van der Waals surface area contributed by atoms with E-state index in [-0.39, 0.29) is 11.5 Å². The summed E-state index contributed by atoms with van der Waals surface area (Å²) in [5.41, 5.74) is 1.87. The third-order valence-electron chi connectivity index (χ3n) is 2.70. The van der Waals surface area contributed by atoms with Crippen LogP contribution in [0.5, 0.6) is 0 Å². The summed E-state index contributed by atoms with van der Waals surface area (Å²) in [6.07, 6.45) is 0. The molecule has 1 aromatic carbocycles. The Labute approximate surface area is 101 Å². The van der Waals surface area contributed by atoms with Gasteiger partial charge in [-0.3, -0.25) is 13.9 Å². The zero-order chi connectivity index (χ0) is 12.0. The number of benzene rings is 1. The number of aryl methyl sites for hydroxylation is 2. The van der Waals surface area contributed by atoms with Crippen LogP contribution in [0.2, 0.25) is 0 Å². The Hall–Kier alpha value is -1.36. The van der Waals surface area contributed by atoms with Gasteiger partial charge in [-0.15, -0.1) is 0 Å². The van der Waals surface area contributed by atoms with Crippen LogP contribution in [0.4, 0.5) is 0 Å². The first-order valence-corrected chi connectivity index (χ1v) is 5.58. The Morgan fingerprint density at radius 1 is 1.25 bits per heavy atom. The van der Waals surface area contributed by atoms with Gasteiger partial charge >= 0.3 is 5.69 Å². The van der Waals surface area contributed by atoms with Crippen LogP contribution < -0.4 is 5.69 Å². The summed E-state index contributed by atoms with van der Waals surface area (Å²) in [6.45, 7) is 1.50. The molecular weight excluding hydrogens is 272 g/mol. The minimum absolute atomic E-state index is 0.0486. The van der Waals surface area contributed by atoms with E-state index in [1.54, 1.807) is 20.2 Å². The van der Waals surface area contributed by atoms with Gasteiger partial charge in [-0.1, -0.05) is 15.9 Å². The quantitative estimate of drug-likeness (QED) is 0.750. The van der Waals surface area contributed by atoms with Crippen LogP contribution in [0.15, 0.2) is 21.4 Å². The summed E-state index contributed by atoms with van der Waals surface area (Å²) in [7, 11) is 3.37. The molecule has 0 saturated carbocycles. The molecule has 0 aliphatic heterocycles. The summed E-state index contributed by atoms with van der Waals surface area (Å²) in [4.78, 5) is 23.3. The van der Waals surface area contributed by atoms with Crippen LogP contribution in [-0.4, -0.2) is 14.9 Å². The smallest absolute Gasteiger partial charge is 0.295 e. The summed E-state index contributed by atoms with van der Waals surface area (Å²) < 4.78 is 3.83. The molecule has 0 saturated heterocycles. The first-order valence-electron chi connectivity index (χ1n) is 4.79. The Balaban J connectivity index is 3.08. The maximum Gasteiger partial charge on any atom is 0.328 e. The average molecular weight is 283 g/mol. The lowest BCUT2D eigenvalue weighted by molar-refractivity contribution is 0.101. The summed E-state index contributed by atoms with van der Waals surface area (Å²) in [6, 6.07) is 3.58. The van der Waals surface area contributed by atoms with Crippen molar-refractivity contribution in [3.8, 4) is 0 Å². The molecule has 0 N–H and O–H groups in total. The van der Waals surface area contributed by atoms with Gasteiger partial charge in [-0.25, -0.2) is 4.79 Å². The van der Waals surface area contributed by atoms with Crippen LogP contribution in [-0.2, 0) is 14.1 Å². The molecule has 0 spiro atoms. The Morgan fingerprint density at radius 3 is 2.44 bits per heavy atom. The number of imidazole rings is 1. The molecule has 84 valence electrons. The largest absolute Gasteiger partial charge is 0.328 e. The molecule has 0 radical (unpaired) electrons. The van der Waals surface area contributed by atoms with Gasteiger partial charge in [0.2, 0.25) is 0 Å². The minimum Gasteiger partial charge on any atom is -0.295 e. The number of rotatable bonds is 1. The topological polar surface area (TPSA) is 44.0 Å². The molecule has 2 aromatic rings. The Morgan fingerprint density at radius 2 is 1.88 bits per heavy atom. The van der Waals surface area contributed by atoms with Gasteiger partial charge < -0.3 is 0 Å². The lowest BCUT2D eigenvalue weighted by atomic mass is 10.1. The van der Waals surface area contributed by atoms with E-state index in [0.717, 1.165) is 9.99 Å². The number of carbonyl (C=O) groups excluding carboxylic acids is 1. The van der Waals surface area contributed by atoms with Gasteiger partial charge in [0.15, 0.2) is 5.78 Å².